The van der Waals surface area contributed by atoms with E-state index in [1.54, 1.807) is 18.5 Å². The lowest BCUT2D eigenvalue weighted by Gasteiger charge is -2.06. The average Bonchev–Trinajstić information content (AvgIpc) is 2.67. The van der Waals surface area contributed by atoms with Gasteiger partial charge in [-0.3, -0.25) is 0 Å². The molecule has 0 aliphatic rings. The highest BCUT2D eigenvalue weighted by molar-refractivity contribution is 5.47. The summed E-state index contributed by atoms with van der Waals surface area (Å²) >= 11 is 0. The molecule has 2 rings (SSSR count). The molecule has 1 aromatic carbocycles. The third kappa shape index (κ3) is 7.92. The van der Waals surface area contributed by atoms with Gasteiger partial charge in [-0.1, -0.05) is 55.3 Å². The summed E-state index contributed by atoms with van der Waals surface area (Å²) in [4.78, 5) is 8.04. The topological polar surface area (TPSA) is 64.5 Å². The second-order valence-electron chi connectivity index (χ2n) is 5.82. The summed E-state index contributed by atoms with van der Waals surface area (Å²) in [5, 5.41) is 9.98. The summed E-state index contributed by atoms with van der Waals surface area (Å²) < 4.78 is 10.6. The molecule has 1 atom stereocenters. The molecule has 5 nitrogen and oxygen atoms in total. The monoisotopic (exact) mass is 342 g/mol. The molecule has 1 heterocycles. The van der Waals surface area contributed by atoms with Crippen LogP contribution in [0.1, 0.15) is 36.8 Å². The van der Waals surface area contributed by atoms with E-state index in [4.69, 9.17) is 9.47 Å². The van der Waals surface area contributed by atoms with E-state index in [0.717, 1.165) is 37.9 Å². The molecule has 134 valence electrons. The lowest BCUT2D eigenvalue weighted by Crippen LogP contribution is -2.02. The maximum absolute atomic E-state index is 9.98. The van der Waals surface area contributed by atoms with Crippen LogP contribution in [0.3, 0.4) is 0 Å². The van der Waals surface area contributed by atoms with Gasteiger partial charge in [0.15, 0.2) is 0 Å². The Morgan fingerprint density at radius 3 is 2.56 bits per heavy atom. The van der Waals surface area contributed by atoms with Crippen LogP contribution in [0.25, 0.3) is 6.08 Å². The Bertz CT molecular complexity index is 615. The van der Waals surface area contributed by atoms with E-state index >= 15 is 0 Å². The Morgan fingerprint density at radius 1 is 1.08 bits per heavy atom. The summed E-state index contributed by atoms with van der Waals surface area (Å²) in [5.74, 6) is 0. The number of unbranched alkanes of at least 4 members (excludes halogenated alkanes) is 2. The zero-order chi connectivity index (χ0) is 17.7. The van der Waals surface area contributed by atoms with Crippen LogP contribution in [0.4, 0.5) is 0 Å². The number of aliphatic hydroxyl groups is 1. The van der Waals surface area contributed by atoms with Crippen molar-refractivity contribution in [3.05, 3.63) is 59.9 Å². The van der Waals surface area contributed by atoms with E-state index in [1.165, 1.54) is 12.7 Å². The van der Waals surface area contributed by atoms with Gasteiger partial charge >= 0.3 is 6.01 Å². The van der Waals surface area contributed by atoms with Crippen LogP contribution < -0.4 is 4.74 Å². The maximum Gasteiger partial charge on any atom is 0.316 e. The Balaban J connectivity index is 1.52. The van der Waals surface area contributed by atoms with Crippen LogP contribution >= 0.6 is 0 Å². The average molecular weight is 342 g/mol. The third-order valence-electron chi connectivity index (χ3n) is 3.74. The normalized spacial score (nSPS) is 12.4. The van der Waals surface area contributed by atoms with Crippen molar-refractivity contribution < 1.29 is 14.6 Å². The zero-order valence-electron chi connectivity index (χ0n) is 14.7. The molecule has 2 aromatic rings. The lowest BCUT2D eigenvalue weighted by atomic mass is 10.1. The van der Waals surface area contributed by atoms with Crippen molar-refractivity contribution in [1.29, 1.82) is 0 Å². The first-order valence-electron chi connectivity index (χ1n) is 8.62. The molecule has 0 aliphatic heterocycles. The van der Waals surface area contributed by atoms with Crippen molar-refractivity contribution in [1.82, 2.24) is 9.97 Å². The number of aliphatic hydroxyl groups excluding tert-OH is 1. The molecule has 1 N–H and O–H groups in total. The minimum atomic E-state index is -0.452. The molecule has 0 saturated heterocycles. The predicted octanol–water partition coefficient (Wildman–Crippen LogP) is 3.64. The Morgan fingerprint density at radius 2 is 1.84 bits per heavy atom. The molecule has 0 amide bonds. The Labute approximate surface area is 149 Å². The number of hydrogen-bond donors (Lipinski definition) is 1. The van der Waals surface area contributed by atoms with Crippen LogP contribution in [-0.4, -0.2) is 34.9 Å². The number of rotatable bonds is 11. The van der Waals surface area contributed by atoms with Gasteiger partial charge in [0.05, 0.1) is 19.8 Å². The summed E-state index contributed by atoms with van der Waals surface area (Å²) in [6.07, 6.45) is 10.3. The number of hydrogen-bond acceptors (Lipinski definition) is 5. The summed E-state index contributed by atoms with van der Waals surface area (Å²) in [6.45, 7) is 1.42. The molecule has 1 aromatic heterocycles. The molecule has 0 spiro atoms. The fourth-order valence-corrected chi connectivity index (χ4v) is 2.33. The van der Waals surface area contributed by atoms with E-state index in [2.05, 4.69) is 22.1 Å². The zero-order valence-corrected chi connectivity index (χ0v) is 14.7. The van der Waals surface area contributed by atoms with Crippen LogP contribution in [0.15, 0.2) is 48.8 Å². The van der Waals surface area contributed by atoms with Gasteiger partial charge in [-0.2, -0.15) is 0 Å². The van der Waals surface area contributed by atoms with Gasteiger partial charge in [0.25, 0.3) is 0 Å². The van der Waals surface area contributed by atoms with E-state index in [-0.39, 0.29) is 0 Å². The summed E-state index contributed by atoms with van der Waals surface area (Å²) in [7, 11) is 1.53. The van der Waals surface area contributed by atoms with Crippen LogP contribution in [0.5, 0.6) is 6.01 Å². The van der Waals surface area contributed by atoms with Crippen molar-refractivity contribution in [2.45, 2.75) is 38.4 Å². The second-order valence-corrected chi connectivity index (χ2v) is 5.82. The van der Waals surface area contributed by atoms with Gasteiger partial charge in [0.2, 0.25) is 0 Å². The fourth-order valence-electron chi connectivity index (χ4n) is 2.33. The molecule has 0 radical (unpaired) electrons. The number of methoxy groups -OCH3 is 1. The quantitative estimate of drug-likeness (QED) is 0.632. The standard InChI is InChI=1S/C20H26N2O3/c1-24-20-21-14-18(15-22-20)11-12-19(23)10-6-3-7-13-25-16-17-8-4-2-5-9-17/h2,4-5,8-9,11-12,14-15,19,23H,3,6-7,10,13,16H2,1H3/t19-/m1/s1. The second kappa shape index (κ2) is 11.3. The molecule has 0 unspecified atom stereocenters. The van der Waals surface area contributed by atoms with Crippen molar-refractivity contribution in [2.24, 2.45) is 0 Å². The Kier molecular flexibility index (Phi) is 8.66. The first kappa shape index (κ1) is 19.1. The van der Waals surface area contributed by atoms with Crippen LogP contribution in [0.2, 0.25) is 0 Å². The van der Waals surface area contributed by atoms with E-state index in [9.17, 15) is 5.11 Å². The van der Waals surface area contributed by atoms with Gasteiger partial charge in [-0.25, -0.2) is 9.97 Å². The smallest absolute Gasteiger partial charge is 0.316 e. The summed E-state index contributed by atoms with van der Waals surface area (Å²) in [5.41, 5.74) is 2.04. The molecule has 5 heteroatoms. The van der Waals surface area contributed by atoms with Gasteiger partial charge in [-0.05, 0) is 18.4 Å². The molecule has 0 bridgehead atoms. The first-order chi connectivity index (χ1) is 12.3. The number of aromatic nitrogens is 2. The first-order valence-corrected chi connectivity index (χ1v) is 8.62. The number of benzene rings is 1. The molecule has 0 aliphatic carbocycles. The SMILES string of the molecule is COc1ncc(C=C[C@H](O)CCCCCOCc2ccccc2)cn1. The molecule has 25 heavy (non-hydrogen) atoms. The highest BCUT2D eigenvalue weighted by atomic mass is 16.5. The molecule has 0 saturated carbocycles. The largest absolute Gasteiger partial charge is 0.467 e. The lowest BCUT2D eigenvalue weighted by molar-refractivity contribution is 0.115. The Hall–Kier alpha value is -2.24. The minimum absolute atomic E-state index is 0.340. The number of ether oxygens (including phenoxy) is 2. The van der Waals surface area contributed by atoms with Crippen molar-refractivity contribution in [3.8, 4) is 6.01 Å². The predicted molar refractivity (Wildman–Crippen MR) is 98.2 cm³/mol. The van der Waals surface area contributed by atoms with Gasteiger partial charge in [-0.15, -0.1) is 0 Å². The third-order valence-corrected chi connectivity index (χ3v) is 3.74. The number of nitrogens with zero attached hydrogens (tertiary/aromatic N) is 2. The van der Waals surface area contributed by atoms with E-state index in [1.807, 2.05) is 24.3 Å². The maximum atomic E-state index is 9.98. The van der Waals surface area contributed by atoms with E-state index < -0.39 is 6.10 Å². The van der Waals surface area contributed by atoms with Gasteiger partial charge in [0.1, 0.15) is 0 Å². The van der Waals surface area contributed by atoms with E-state index in [0.29, 0.717) is 12.6 Å². The molecular weight excluding hydrogens is 316 g/mol. The van der Waals surface area contributed by atoms with Crippen LogP contribution in [-0.2, 0) is 11.3 Å². The highest BCUT2D eigenvalue weighted by Crippen LogP contribution is 2.09. The minimum Gasteiger partial charge on any atom is -0.467 e. The van der Waals surface area contributed by atoms with Gasteiger partial charge < -0.3 is 14.6 Å². The molecular formula is C20H26N2O3. The summed E-state index contributed by atoms with van der Waals surface area (Å²) in [6, 6.07) is 10.5. The van der Waals surface area contributed by atoms with Crippen molar-refractivity contribution in [2.75, 3.05) is 13.7 Å². The highest BCUT2D eigenvalue weighted by Gasteiger charge is 2.00. The molecule has 0 fully saturated rings. The van der Waals surface area contributed by atoms with Crippen LogP contribution in [0, 0.1) is 0 Å². The fraction of sp³-hybridized carbons (Fsp3) is 0.400. The van der Waals surface area contributed by atoms with Crippen molar-refractivity contribution >= 4 is 6.08 Å². The van der Waals surface area contributed by atoms with Crippen molar-refractivity contribution in [3.63, 3.8) is 0 Å². The van der Waals surface area contributed by atoms with Gasteiger partial charge in [0, 0.05) is 24.6 Å².